The predicted molar refractivity (Wildman–Crippen MR) is 59.6 cm³/mol. The second-order valence-electron chi connectivity index (χ2n) is 5.15. The van der Waals surface area contributed by atoms with Gasteiger partial charge < -0.3 is 15.6 Å². The van der Waals surface area contributed by atoms with Crippen molar-refractivity contribution in [1.82, 2.24) is 0 Å². The largest absolute Gasteiger partial charge is 0.393 e. The predicted octanol–water partition coefficient (Wildman–Crippen LogP) is 1.44. The fourth-order valence-electron chi connectivity index (χ4n) is 3.06. The van der Waals surface area contributed by atoms with E-state index in [0.29, 0.717) is 12.6 Å². The van der Waals surface area contributed by atoms with Crippen LogP contribution in [-0.4, -0.2) is 30.5 Å². The summed E-state index contributed by atoms with van der Waals surface area (Å²) in [5.41, 5.74) is 6.12. The third-order valence-corrected chi connectivity index (χ3v) is 4.22. The third kappa shape index (κ3) is 2.35. The molecule has 1 unspecified atom stereocenters. The summed E-state index contributed by atoms with van der Waals surface area (Å²) in [6.45, 7) is 1.61. The van der Waals surface area contributed by atoms with Gasteiger partial charge in [0.2, 0.25) is 0 Å². The molecule has 1 atom stereocenters. The van der Waals surface area contributed by atoms with Gasteiger partial charge in [-0.15, -0.1) is 0 Å². The molecule has 0 radical (unpaired) electrons. The summed E-state index contributed by atoms with van der Waals surface area (Å²) < 4.78 is 5.89. The van der Waals surface area contributed by atoms with Gasteiger partial charge in [0.1, 0.15) is 0 Å². The van der Waals surface area contributed by atoms with Crippen molar-refractivity contribution in [3.05, 3.63) is 0 Å². The lowest BCUT2D eigenvalue weighted by Crippen LogP contribution is -2.47. The molecule has 0 amide bonds. The van der Waals surface area contributed by atoms with Crippen LogP contribution < -0.4 is 5.73 Å². The maximum Gasteiger partial charge on any atom is 0.0643 e. The van der Waals surface area contributed by atoms with Gasteiger partial charge in [0, 0.05) is 18.6 Å². The highest BCUT2D eigenvalue weighted by atomic mass is 16.5. The van der Waals surface area contributed by atoms with Gasteiger partial charge in [0.05, 0.1) is 12.2 Å². The van der Waals surface area contributed by atoms with Crippen molar-refractivity contribution in [1.29, 1.82) is 0 Å². The zero-order chi connectivity index (χ0) is 10.7. The molecule has 3 heteroatoms. The molecular weight excluding hydrogens is 190 g/mol. The first-order valence-electron chi connectivity index (χ1n) is 6.26. The van der Waals surface area contributed by atoms with E-state index >= 15 is 0 Å². The molecule has 0 spiro atoms. The van der Waals surface area contributed by atoms with Crippen LogP contribution in [0.3, 0.4) is 0 Å². The van der Waals surface area contributed by atoms with Gasteiger partial charge in [-0.25, -0.2) is 0 Å². The van der Waals surface area contributed by atoms with E-state index in [0.717, 1.165) is 38.7 Å². The molecule has 0 aromatic heterocycles. The Hall–Kier alpha value is -0.120. The molecule has 1 aliphatic heterocycles. The quantitative estimate of drug-likeness (QED) is 0.729. The first-order chi connectivity index (χ1) is 7.27. The van der Waals surface area contributed by atoms with E-state index in [1.165, 1.54) is 12.8 Å². The van der Waals surface area contributed by atoms with E-state index in [4.69, 9.17) is 10.5 Å². The highest BCUT2D eigenvalue weighted by molar-refractivity contribution is 4.93. The third-order valence-electron chi connectivity index (χ3n) is 4.22. The number of nitrogens with two attached hydrogens (primary N) is 1. The minimum Gasteiger partial charge on any atom is -0.393 e. The second-order valence-corrected chi connectivity index (χ2v) is 5.15. The fraction of sp³-hybridized carbons (Fsp3) is 1.00. The van der Waals surface area contributed by atoms with E-state index in [2.05, 4.69) is 0 Å². The summed E-state index contributed by atoms with van der Waals surface area (Å²) in [6, 6.07) is 0. The lowest BCUT2D eigenvalue weighted by atomic mass is 9.68. The van der Waals surface area contributed by atoms with Crippen LogP contribution in [0.25, 0.3) is 0 Å². The molecule has 2 aliphatic rings. The summed E-state index contributed by atoms with van der Waals surface area (Å²) >= 11 is 0. The number of ether oxygens (including phenoxy) is 1. The zero-order valence-electron chi connectivity index (χ0n) is 9.45. The first-order valence-corrected chi connectivity index (χ1v) is 6.26. The SMILES string of the molecule is NCC1(C2CCCCO2)CCC(O)CC1. The number of hydrogen-bond donors (Lipinski definition) is 2. The van der Waals surface area contributed by atoms with E-state index in [-0.39, 0.29) is 11.5 Å². The van der Waals surface area contributed by atoms with Gasteiger partial charge >= 0.3 is 0 Å². The van der Waals surface area contributed by atoms with E-state index in [9.17, 15) is 5.11 Å². The summed E-state index contributed by atoms with van der Waals surface area (Å²) in [4.78, 5) is 0. The zero-order valence-corrected chi connectivity index (χ0v) is 9.45. The number of aliphatic hydroxyl groups is 1. The van der Waals surface area contributed by atoms with Crippen LogP contribution in [0.5, 0.6) is 0 Å². The maximum absolute atomic E-state index is 9.55. The van der Waals surface area contributed by atoms with Crippen LogP contribution in [-0.2, 0) is 4.74 Å². The Kier molecular flexibility index (Phi) is 3.65. The Morgan fingerprint density at radius 1 is 1.20 bits per heavy atom. The van der Waals surface area contributed by atoms with Crippen LogP contribution in [0.1, 0.15) is 44.9 Å². The standard InChI is InChI=1S/C12H23NO2/c13-9-12(6-4-10(14)5-7-12)11-3-1-2-8-15-11/h10-11,14H,1-9,13H2. The molecule has 2 rings (SSSR count). The smallest absolute Gasteiger partial charge is 0.0643 e. The summed E-state index contributed by atoms with van der Waals surface area (Å²) in [6.07, 6.45) is 7.75. The van der Waals surface area contributed by atoms with Gasteiger partial charge in [-0.3, -0.25) is 0 Å². The van der Waals surface area contributed by atoms with Gasteiger partial charge in [0.25, 0.3) is 0 Å². The van der Waals surface area contributed by atoms with Crippen molar-refractivity contribution in [2.75, 3.05) is 13.2 Å². The Labute approximate surface area is 92.0 Å². The van der Waals surface area contributed by atoms with Crippen molar-refractivity contribution < 1.29 is 9.84 Å². The normalized spacial score (nSPS) is 42.8. The molecule has 2 fully saturated rings. The molecule has 3 N–H and O–H groups in total. The van der Waals surface area contributed by atoms with Crippen molar-refractivity contribution in [2.45, 2.75) is 57.2 Å². The molecule has 3 nitrogen and oxygen atoms in total. The van der Waals surface area contributed by atoms with E-state index < -0.39 is 0 Å². The molecular formula is C12H23NO2. The number of hydrogen-bond acceptors (Lipinski definition) is 3. The molecule has 1 heterocycles. The molecule has 88 valence electrons. The molecule has 1 saturated heterocycles. The van der Waals surface area contributed by atoms with Crippen LogP contribution >= 0.6 is 0 Å². The average Bonchev–Trinajstić information content (AvgIpc) is 2.32. The van der Waals surface area contributed by atoms with Gasteiger partial charge in [0.15, 0.2) is 0 Å². The molecule has 1 aliphatic carbocycles. The Bertz CT molecular complexity index is 194. The molecule has 15 heavy (non-hydrogen) atoms. The molecule has 0 aromatic carbocycles. The lowest BCUT2D eigenvalue weighted by molar-refractivity contribution is -0.0915. The average molecular weight is 213 g/mol. The Balaban J connectivity index is 2.00. The highest BCUT2D eigenvalue weighted by Crippen LogP contribution is 2.42. The lowest BCUT2D eigenvalue weighted by Gasteiger charge is -2.45. The first kappa shape index (κ1) is 11.4. The Morgan fingerprint density at radius 2 is 1.93 bits per heavy atom. The van der Waals surface area contributed by atoms with E-state index in [1.807, 2.05) is 0 Å². The summed E-state index contributed by atoms with van der Waals surface area (Å²) in [5.74, 6) is 0. The highest BCUT2D eigenvalue weighted by Gasteiger charge is 2.41. The van der Waals surface area contributed by atoms with Gasteiger partial charge in [-0.2, -0.15) is 0 Å². The number of rotatable bonds is 2. The summed E-state index contributed by atoms with van der Waals surface area (Å²) in [7, 11) is 0. The number of aliphatic hydroxyl groups excluding tert-OH is 1. The Morgan fingerprint density at radius 3 is 2.47 bits per heavy atom. The van der Waals surface area contributed by atoms with Crippen LogP contribution in [0, 0.1) is 5.41 Å². The fourth-order valence-corrected chi connectivity index (χ4v) is 3.06. The van der Waals surface area contributed by atoms with Crippen LogP contribution in [0.4, 0.5) is 0 Å². The second kappa shape index (κ2) is 4.81. The van der Waals surface area contributed by atoms with Gasteiger partial charge in [-0.05, 0) is 44.9 Å². The van der Waals surface area contributed by atoms with Crippen LogP contribution in [0.15, 0.2) is 0 Å². The van der Waals surface area contributed by atoms with E-state index in [1.54, 1.807) is 0 Å². The topological polar surface area (TPSA) is 55.5 Å². The minimum absolute atomic E-state index is 0.103. The van der Waals surface area contributed by atoms with Gasteiger partial charge in [-0.1, -0.05) is 0 Å². The van der Waals surface area contributed by atoms with Crippen molar-refractivity contribution in [3.63, 3.8) is 0 Å². The molecule has 0 aromatic rings. The monoisotopic (exact) mass is 213 g/mol. The van der Waals surface area contributed by atoms with Crippen molar-refractivity contribution in [3.8, 4) is 0 Å². The molecule has 0 bridgehead atoms. The van der Waals surface area contributed by atoms with Crippen molar-refractivity contribution in [2.24, 2.45) is 11.1 Å². The van der Waals surface area contributed by atoms with Crippen LogP contribution in [0.2, 0.25) is 0 Å². The van der Waals surface area contributed by atoms with Crippen molar-refractivity contribution >= 4 is 0 Å². The summed E-state index contributed by atoms with van der Waals surface area (Å²) in [5, 5.41) is 9.55. The maximum atomic E-state index is 9.55. The molecule has 1 saturated carbocycles. The minimum atomic E-state index is -0.103.